The minimum absolute atomic E-state index is 0.192. The first-order valence-electron chi connectivity index (χ1n) is 4.13. The van der Waals surface area contributed by atoms with E-state index in [1.165, 1.54) is 0 Å². The summed E-state index contributed by atoms with van der Waals surface area (Å²) in [5.74, 6) is -0.192. The number of rotatable bonds is 5. The molecular weight excluding hydrogens is 172 g/mol. The van der Waals surface area contributed by atoms with E-state index in [2.05, 4.69) is 9.97 Å². The number of aryl methyl sites for hydroxylation is 1. The zero-order valence-corrected chi connectivity index (χ0v) is 7.19. The highest BCUT2D eigenvalue weighted by Crippen LogP contribution is 2.07. The highest BCUT2D eigenvalue weighted by Gasteiger charge is 2.10. The van der Waals surface area contributed by atoms with Crippen LogP contribution in [0.5, 0.6) is 0 Å². The quantitative estimate of drug-likeness (QED) is 0.397. The Balaban J connectivity index is 2.44. The Bertz CT molecular complexity index is 284. The van der Waals surface area contributed by atoms with E-state index in [1.807, 2.05) is 0 Å². The third-order valence-corrected chi connectivity index (χ3v) is 1.68. The molecule has 0 aliphatic heterocycles. The van der Waals surface area contributed by atoms with E-state index >= 15 is 0 Å². The number of nitrogens with two attached hydrogens (primary N) is 1. The number of nitro groups is 1. The van der Waals surface area contributed by atoms with Gasteiger partial charge in [-0.1, -0.05) is 4.98 Å². The van der Waals surface area contributed by atoms with E-state index < -0.39 is 4.92 Å². The lowest BCUT2D eigenvalue weighted by Gasteiger charge is -1.90. The highest BCUT2D eigenvalue weighted by atomic mass is 16.6. The van der Waals surface area contributed by atoms with E-state index in [0.29, 0.717) is 6.54 Å². The summed E-state index contributed by atoms with van der Waals surface area (Å²) in [7, 11) is 0. The number of hydrogen-bond acceptors (Lipinski definition) is 4. The van der Waals surface area contributed by atoms with Crippen LogP contribution in [0.4, 0.5) is 5.95 Å². The molecule has 6 nitrogen and oxygen atoms in total. The Labute approximate surface area is 75.3 Å². The van der Waals surface area contributed by atoms with Crippen molar-refractivity contribution in [3.63, 3.8) is 0 Å². The van der Waals surface area contributed by atoms with Crippen LogP contribution in [0.3, 0.4) is 0 Å². The van der Waals surface area contributed by atoms with E-state index in [0.717, 1.165) is 25.0 Å². The summed E-state index contributed by atoms with van der Waals surface area (Å²) in [6.07, 6.45) is 4.13. The van der Waals surface area contributed by atoms with E-state index in [1.54, 1.807) is 6.20 Å². The van der Waals surface area contributed by atoms with E-state index in [9.17, 15) is 10.1 Å². The van der Waals surface area contributed by atoms with Crippen LogP contribution in [0.15, 0.2) is 6.20 Å². The number of H-pyrrole nitrogens is 1. The minimum atomic E-state index is -0.535. The van der Waals surface area contributed by atoms with Crippen LogP contribution in [0.25, 0.3) is 0 Å². The number of hydrogen-bond donors (Lipinski definition) is 2. The molecule has 13 heavy (non-hydrogen) atoms. The molecule has 0 saturated heterocycles. The molecule has 72 valence electrons. The van der Waals surface area contributed by atoms with E-state index in [4.69, 9.17) is 5.73 Å². The number of aromatic amines is 1. The molecule has 1 aromatic rings. The van der Waals surface area contributed by atoms with Crippen LogP contribution in [0.1, 0.15) is 18.5 Å². The van der Waals surface area contributed by atoms with Crippen molar-refractivity contribution in [2.24, 2.45) is 5.73 Å². The SMILES string of the molecule is NCCCCc1c[nH]c([N+](=O)[O-])n1. The molecule has 0 unspecified atom stereocenters. The third kappa shape index (κ3) is 2.83. The van der Waals surface area contributed by atoms with Crippen LogP contribution in [-0.2, 0) is 6.42 Å². The summed E-state index contributed by atoms with van der Waals surface area (Å²) in [6, 6.07) is 0. The number of aromatic nitrogens is 2. The van der Waals surface area contributed by atoms with Gasteiger partial charge in [0, 0.05) is 6.42 Å². The Morgan fingerprint density at radius 1 is 1.62 bits per heavy atom. The van der Waals surface area contributed by atoms with Gasteiger partial charge in [-0.3, -0.25) is 0 Å². The van der Waals surface area contributed by atoms with Gasteiger partial charge in [0.15, 0.2) is 5.69 Å². The van der Waals surface area contributed by atoms with E-state index in [-0.39, 0.29) is 5.95 Å². The second kappa shape index (κ2) is 4.56. The van der Waals surface area contributed by atoms with Crippen molar-refractivity contribution in [2.45, 2.75) is 19.3 Å². The molecule has 0 atom stereocenters. The highest BCUT2D eigenvalue weighted by molar-refractivity contribution is 5.10. The number of imidazole rings is 1. The van der Waals surface area contributed by atoms with Crippen molar-refractivity contribution < 1.29 is 4.92 Å². The third-order valence-electron chi connectivity index (χ3n) is 1.68. The fourth-order valence-corrected chi connectivity index (χ4v) is 1.02. The molecular formula is C7H12N4O2. The maximum Gasteiger partial charge on any atom is 0.432 e. The van der Waals surface area contributed by atoms with Gasteiger partial charge in [0.25, 0.3) is 0 Å². The first-order valence-corrected chi connectivity index (χ1v) is 4.13. The van der Waals surface area contributed by atoms with Crippen LogP contribution < -0.4 is 5.73 Å². The van der Waals surface area contributed by atoms with Crippen LogP contribution >= 0.6 is 0 Å². The summed E-state index contributed by atoms with van der Waals surface area (Å²) >= 11 is 0. The van der Waals surface area contributed by atoms with Crippen molar-refractivity contribution in [3.8, 4) is 0 Å². The molecule has 0 bridgehead atoms. The van der Waals surface area contributed by atoms with Gasteiger partial charge in [0.05, 0.1) is 0 Å². The second-order valence-electron chi connectivity index (χ2n) is 2.72. The normalized spacial score (nSPS) is 10.2. The minimum Gasteiger partial charge on any atom is -0.390 e. The maximum atomic E-state index is 10.2. The summed E-state index contributed by atoms with van der Waals surface area (Å²) < 4.78 is 0. The molecule has 1 heterocycles. The molecule has 1 rings (SSSR count). The van der Waals surface area contributed by atoms with Gasteiger partial charge in [0.1, 0.15) is 6.20 Å². The summed E-state index contributed by atoms with van der Waals surface area (Å²) in [5.41, 5.74) is 6.03. The Morgan fingerprint density at radius 3 is 2.92 bits per heavy atom. The smallest absolute Gasteiger partial charge is 0.390 e. The number of unbranched alkanes of at least 4 members (excludes halogenated alkanes) is 1. The lowest BCUT2D eigenvalue weighted by Crippen LogP contribution is -1.99. The standard InChI is InChI=1S/C7H12N4O2/c8-4-2-1-3-6-5-9-7(10-6)11(12)13/h5H,1-4,8H2,(H,9,10). The zero-order chi connectivity index (χ0) is 9.68. The van der Waals surface area contributed by atoms with Crippen molar-refractivity contribution in [3.05, 3.63) is 22.0 Å². The Hall–Kier alpha value is -1.43. The molecule has 6 heteroatoms. The largest absolute Gasteiger partial charge is 0.432 e. The first-order chi connectivity index (χ1) is 6.24. The predicted octanol–water partition coefficient (Wildman–Crippen LogP) is 0.599. The molecule has 0 aliphatic carbocycles. The molecule has 0 aromatic carbocycles. The van der Waals surface area contributed by atoms with Gasteiger partial charge >= 0.3 is 5.95 Å². The zero-order valence-electron chi connectivity index (χ0n) is 7.19. The average molecular weight is 184 g/mol. The topological polar surface area (TPSA) is 97.8 Å². The lowest BCUT2D eigenvalue weighted by atomic mass is 10.2. The molecule has 0 amide bonds. The fourth-order valence-electron chi connectivity index (χ4n) is 1.02. The molecule has 3 N–H and O–H groups in total. The monoisotopic (exact) mass is 184 g/mol. The van der Waals surface area contributed by atoms with Gasteiger partial charge in [-0.25, -0.2) is 4.98 Å². The van der Waals surface area contributed by atoms with Gasteiger partial charge in [-0.05, 0) is 24.3 Å². The Morgan fingerprint density at radius 2 is 2.38 bits per heavy atom. The van der Waals surface area contributed by atoms with Crippen molar-refractivity contribution in [2.75, 3.05) is 6.54 Å². The van der Waals surface area contributed by atoms with Gasteiger partial charge < -0.3 is 15.8 Å². The summed E-state index contributed by atoms with van der Waals surface area (Å²) in [5, 5.41) is 10.2. The van der Waals surface area contributed by atoms with Crippen molar-refractivity contribution >= 4 is 5.95 Å². The molecule has 0 spiro atoms. The second-order valence-corrected chi connectivity index (χ2v) is 2.72. The Kier molecular flexibility index (Phi) is 3.39. The van der Waals surface area contributed by atoms with Crippen LogP contribution in [-0.4, -0.2) is 21.4 Å². The van der Waals surface area contributed by atoms with Crippen LogP contribution in [0.2, 0.25) is 0 Å². The van der Waals surface area contributed by atoms with Crippen LogP contribution in [0, 0.1) is 10.1 Å². The molecule has 0 aliphatic rings. The van der Waals surface area contributed by atoms with Gasteiger partial charge in [-0.2, -0.15) is 0 Å². The fraction of sp³-hybridized carbons (Fsp3) is 0.571. The average Bonchev–Trinajstić information content (AvgIpc) is 2.53. The molecule has 0 fully saturated rings. The summed E-state index contributed by atoms with van der Waals surface area (Å²) in [6.45, 7) is 0.645. The number of nitrogens with one attached hydrogen (secondary N) is 1. The lowest BCUT2D eigenvalue weighted by molar-refractivity contribution is -0.393. The molecule has 1 aromatic heterocycles. The van der Waals surface area contributed by atoms with Gasteiger partial charge in [-0.15, -0.1) is 0 Å². The predicted molar refractivity (Wildman–Crippen MR) is 47.2 cm³/mol. The summed E-state index contributed by atoms with van der Waals surface area (Å²) in [4.78, 5) is 16.0. The molecule has 0 saturated carbocycles. The van der Waals surface area contributed by atoms with Crippen molar-refractivity contribution in [1.82, 2.24) is 9.97 Å². The first kappa shape index (κ1) is 9.66. The maximum absolute atomic E-state index is 10.2. The number of nitrogens with zero attached hydrogens (tertiary/aromatic N) is 2. The molecule has 0 radical (unpaired) electrons. The van der Waals surface area contributed by atoms with Crippen molar-refractivity contribution in [1.29, 1.82) is 0 Å². The van der Waals surface area contributed by atoms with Gasteiger partial charge in [0.2, 0.25) is 0 Å².